The monoisotopic (exact) mass is 259 g/mol. The van der Waals surface area contributed by atoms with Gasteiger partial charge in [-0.3, -0.25) is 0 Å². The van der Waals surface area contributed by atoms with Crippen LogP contribution in [0.25, 0.3) is 0 Å². The second-order valence-electron chi connectivity index (χ2n) is 5.49. The van der Waals surface area contributed by atoms with Gasteiger partial charge >= 0.3 is 0 Å². The Kier molecular flexibility index (Phi) is 7.56. The predicted molar refractivity (Wildman–Crippen MR) is 77.9 cm³/mol. The maximum atomic E-state index is 5.73. The Morgan fingerprint density at radius 3 is 2.82 bits per heavy atom. The summed E-state index contributed by atoms with van der Waals surface area (Å²) in [7, 11) is 0. The van der Waals surface area contributed by atoms with Crippen molar-refractivity contribution in [2.75, 3.05) is 31.3 Å². The molecule has 2 nitrogen and oxygen atoms in total. The highest BCUT2D eigenvalue weighted by Gasteiger charge is 2.32. The van der Waals surface area contributed by atoms with Crippen LogP contribution in [-0.4, -0.2) is 37.3 Å². The second kappa shape index (κ2) is 8.39. The molecule has 0 aliphatic carbocycles. The van der Waals surface area contributed by atoms with E-state index in [1.807, 2.05) is 0 Å². The lowest BCUT2D eigenvalue weighted by atomic mass is 9.78. The quantitative estimate of drug-likeness (QED) is 0.676. The topological polar surface area (TPSA) is 21.3 Å². The van der Waals surface area contributed by atoms with Crippen molar-refractivity contribution in [3.05, 3.63) is 0 Å². The van der Waals surface area contributed by atoms with E-state index < -0.39 is 0 Å². The first-order chi connectivity index (χ1) is 8.18. The third kappa shape index (κ3) is 6.12. The van der Waals surface area contributed by atoms with Gasteiger partial charge in [-0.25, -0.2) is 0 Å². The zero-order chi connectivity index (χ0) is 12.6. The molecular weight excluding hydrogens is 230 g/mol. The van der Waals surface area contributed by atoms with Gasteiger partial charge in [0.1, 0.15) is 0 Å². The predicted octanol–water partition coefficient (Wildman–Crippen LogP) is 3.31. The van der Waals surface area contributed by atoms with E-state index in [4.69, 9.17) is 4.74 Å². The van der Waals surface area contributed by atoms with Crippen molar-refractivity contribution in [2.24, 2.45) is 5.41 Å². The molecule has 1 saturated heterocycles. The van der Waals surface area contributed by atoms with E-state index in [2.05, 4.69) is 37.8 Å². The third-order valence-corrected chi connectivity index (χ3v) is 4.47. The SMILES string of the molecule is CCSCCCC1(CNC(C)C)CCCOC1. The summed E-state index contributed by atoms with van der Waals surface area (Å²) in [5, 5.41) is 3.61. The van der Waals surface area contributed by atoms with Crippen LogP contribution in [0, 0.1) is 5.41 Å². The maximum absolute atomic E-state index is 5.73. The van der Waals surface area contributed by atoms with Crippen molar-refractivity contribution < 1.29 is 4.74 Å². The molecule has 0 radical (unpaired) electrons. The van der Waals surface area contributed by atoms with Crippen LogP contribution in [0.2, 0.25) is 0 Å². The molecule has 0 bridgehead atoms. The number of hydrogen-bond acceptors (Lipinski definition) is 3. The summed E-state index contributed by atoms with van der Waals surface area (Å²) in [4.78, 5) is 0. The fourth-order valence-corrected chi connectivity index (χ4v) is 3.09. The summed E-state index contributed by atoms with van der Waals surface area (Å²) < 4.78 is 5.73. The molecule has 0 aromatic carbocycles. The van der Waals surface area contributed by atoms with Crippen LogP contribution in [0.5, 0.6) is 0 Å². The molecule has 1 rings (SSSR count). The minimum atomic E-state index is 0.414. The number of thioether (sulfide) groups is 1. The molecule has 1 N–H and O–H groups in total. The molecule has 3 heteroatoms. The van der Waals surface area contributed by atoms with Crippen molar-refractivity contribution in [3.63, 3.8) is 0 Å². The molecule has 1 aliphatic heterocycles. The van der Waals surface area contributed by atoms with E-state index in [0.717, 1.165) is 19.8 Å². The van der Waals surface area contributed by atoms with E-state index in [0.29, 0.717) is 11.5 Å². The van der Waals surface area contributed by atoms with Gasteiger partial charge in [-0.1, -0.05) is 20.8 Å². The lowest BCUT2D eigenvalue weighted by Gasteiger charge is -2.38. The highest BCUT2D eigenvalue weighted by atomic mass is 32.2. The highest BCUT2D eigenvalue weighted by molar-refractivity contribution is 7.99. The lowest BCUT2D eigenvalue weighted by Crippen LogP contribution is -2.43. The number of ether oxygens (including phenoxy) is 1. The van der Waals surface area contributed by atoms with Gasteiger partial charge < -0.3 is 10.1 Å². The summed E-state index contributed by atoms with van der Waals surface area (Å²) in [6.07, 6.45) is 5.23. The molecule has 0 spiro atoms. The largest absolute Gasteiger partial charge is 0.381 e. The van der Waals surface area contributed by atoms with Crippen LogP contribution in [-0.2, 0) is 4.74 Å². The third-order valence-electron chi connectivity index (χ3n) is 3.49. The van der Waals surface area contributed by atoms with Crippen molar-refractivity contribution >= 4 is 11.8 Å². The molecule has 0 amide bonds. The molecule has 102 valence electrons. The lowest BCUT2D eigenvalue weighted by molar-refractivity contribution is -0.0131. The Labute approximate surface area is 111 Å². The Morgan fingerprint density at radius 2 is 2.24 bits per heavy atom. The fourth-order valence-electron chi connectivity index (χ4n) is 2.45. The first kappa shape index (κ1) is 15.3. The molecule has 0 saturated carbocycles. The van der Waals surface area contributed by atoms with Gasteiger partial charge in [-0.2, -0.15) is 11.8 Å². The van der Waals surface area contributed by atoms with E-state index >= 15 is 0 Å². The Balaban J connectivity index is 2.35. The van der Waals surface area contributed by atoms with Crippen molar-refractivity contribution in [3.8, 4) is 0 Å². The average Bonchev–Trinajstić information content (AvgIpc) is 2.34. The molecule has 0 aromatic heterocycles. The first-order valence-electron chi connectivity index (χ1n) is 7.07. The molecule has 17 heavy (non-hydrogen) atoms. The van der Waals surface area contributed by atoms with Gasteiger partial charge in [0.15, 0.2) is 0 Å². The van der Waals surface area contributed by atoms with Gasteiger partial charge in [0.2, 0.25) is 0 Å². The Bertz CT molecular complexity index is 191. The van der Waals surface area contributed by atoms with Gasteiger partial charge in [0, 0.05) is 24.6 Å². The van der Waals surface area contributed by atoms with E-state index in [1.54, 1.807) is 0 Å². The summed E-state index contributed by atoms with van der Waals surface area (Å²) in [6, 6.07) is 0.582. The molecule has 1 fully saturated rings. The molecule has 1 heterocycles. The van der Waals surface area contributed by atoms with Crippen LogP contribution < -0.4 is 5.32 Å². The minimum absolute atomic E-state index is 0.414. The smallest absolute Gasteiger partial charge is 0.0534 e. The summed E-state index contributed by atoms with van der Waals surface area (Å²) in [5.41, 5.74) is 0.414. The Hall–Kier alpha value is 0.270. The fraction of sp³-hybridized carbons (Fsp3) is 1.00. The zero-order valence-electron chi connectivity index (χ0n) is 11.8. The number of rotatable bonds is 8. The van der Waals surface area contributed by atoms with Crippen LogP contribution >= 0.6 is 11.8 Å². The number of hydrogen-bond donors (Lipinski definition) is 1. The van der Waals surface area contributed by atoms with E-state index in [-0.39, 0.29) is 0 Å². The van der Waals surface area contributed by atoms with Crippen molar-refractivity contribution in [1.29, 1.82) is 0 Å². The van der Waals surface area contributed by atoms with Crippen LogP contribution in [0.1, 0.15) is 46.5 Å². The molecule has 0 aromatic rings. The van der Waals surface area contributed by atoms with Crippen LogP contribution in [0.15, 0.2) is 0 Å². The van der Waals surface area contributed by atoms with Gasteiger partial charge in [-0.05, 0) is 37.2 Å². The van der Waals surface area contributed by atoms with Crippen molar-refractivity contribution in [2.45, 2.75) is 52.5 Å². The molecular formula is C14H29NOS. The molecule has 1 atom stereocenters. The maximum Gasteiger partial charge on any atom is 0.0534 e. The molecule has 1 aliphatic rings. The molecule has 1 unspecified atom stereocenters. The standard InChI is InChI=1S/C14H29NOS/c1-4-17-10-6-8-14(11-15-13(2)3)7-5-9-16-12-14/h13,15H,4-12H2,1-3H3. The summed E-state index contributed by atoms with van der Waals surface area (Å²) >= 11 is 2.06. The zero-order valence-corrected chi connectivity index (χ0v) is 12.6. The average molecular weight is 259 g/mol. The van der Waals surface area contributed by atoms with Gasteiger partial charge in [-0.15, -0.1) is 0 Å². The van der Waals surface area contributed by atoms with Crippen LogP contribution in [0.3, 0.4) is 0 Å². The highest BCUT2D eigenvalue weighted by Crippen LogP contribution is 2.33. The van der Waals surface area contributed by atoms with Crippen LogP contribution in [0.4, 0.5) is 0 Å². The Morgan fingerprint density at radius 1 is 1.41 bits per heavy atom. The van der Waals surface area contributed by atoms with Crippen molar-refractivity contribution in [1.82, 2.24) is 5.32 Å². The summed E-state index contributed by atoms with van der Waals surface area (Å²) in [5.74, 6) is 2.55. The minimum Gasteiger partial charge on any atom is -0.381 e. The first-order valence-corrected chi connectivity index (χ1v) is 8.23. The van der Waals surface area contributed by atoms with E-state index in [9.17, 15) is 0 Å². The summed E-state index contributed by atoms with van der Waals surface area (Å²) in [6.45, 7) is 9.75. The second-order valence-corrected chi connectivity index (χ2v) is 6.89. The number of nitrogens with one attached hydrogen (secondary N) is 1. The van der Waals surface area contributed by atoms with Gasteiger partial charge in [0.05, 0.1) is 6.61 Å². The normalized spacial score (nSPS) is 25.4. The van der Waals surface area contributed by atoms with E-state index in [1.165, 1.54) is 37.2 Å². The van der Waals surface area contributed by atoms with Gasteiger partial charge in [0.25, 0.3) is 0 Å².